The maximum absolute atomic E-state index is 14.5. The van der Waals surface area contributed by atoms with Gasteiger partial charge in [0.2, 0.25) is 23.5 Å². The van der Waals surface area contributed by atoms with Crippen molar-refractivity contribution in [2.45, 2.75) is 131 Å². The molecule has 12 heteroatoms. The lowest BCUT2D eigenvalue weighted by atomic mass is 9.78. The van der Waals surface area contributed by atoms with Gasteiger partial charge in [-0.2, -0.15) is 0 Å². The summed E-state index contributed by atoms with van der Waals surface area (Å²) in [6, 6.07) is -4.71. The predicted octanol–water partition coefficient (Wildman–Crippen LogP) is 2.98. The normalized spacial score (nSPS) is 22.6. The van der Waals surface area contributed by atoms with Crippen molar-refractivity contribution in [2.24, 2.45) is 40.2 Å². The zero-order chi connectivity index (χ0) is 36.8. The van der Waals surface area contributed by atoms with Crippen LogP contribution in [0.5, 0.6) is 0 Å². The molecule has 1 aliphatic carbocycles. The Kier molecular flexibility index (Phi) is 13.3. The van der Waals surface area contributed by atoms with Crippen LogP contribution in [0.1, 0.15) is 107 Å². The number of primary amides is 1. The van der Waals surface area contributed by atoms with E-state index >= 15 is 0 Å². The number of urea groups is 1. The first-order valence-electron chi connectivity index (χ1n) is 18.0. The van der Waals surface area contributed by atoms with Crippen LogP contribution < -0.4 is 21.7 Å². The lowest BCUT2D eigenvalue weighted by Crippen LogP contribution is -2.63. The number of rotatable bonds is 12. The molecule has 6 amide bonds. The van der Waals surface area contributed by atoms with Crippen LogP contribution in [-0.2, 0) is 24.0 Å². The number of hydrogen-bond acceptors (Lipinski definition) is 6. The Morgan fingerprint density at radius 2 is 1.35 bits per heavy atom. The molecule has 0 radical (unpaired) electrons. The molecule has 2 aliphatic heterocycles. The minimum absolute atomic E-state index is 0.00698. The minimum Gasteiger partial charge on any atom is -0.363 e. The Bertz CT molecular complexity index is 1280. The van der Waals surface area contributed by atoms with E-state index in [2.05, 4.69) is 21.9 Å². The number of carbonyl (C=O) groups excluding carboxylic acids is 6. The summed E-state index contributed by atoms with van der Waals surface area (Å²) >= 11 is 0. The summed E-state index contributed by atoms with van der Waals surface area (Å²) in [5, 5.41) is 8.50. The summed E-state index contributed by atoms with van der Waals surface area (Å²) in [4.78, 5) is 84.0. The van der Waals surface area contributed by atoms with Gasteiger partial charge in [0.05, 0.1) is 6.04 Å². The number of piperidine rings is 1. The van der Waals surface area contributed by atoms with Crippen LogP contribution in [0.15, 0.2) is 0 Å². The standard InChI is InChI=1S/C37H60N6O6/c1-10-24(22(2)3)25-17-20-43(27(25)32(46)39-26(28(44)31(38)45)21-23-15-14-16-23)34(48)30(37(7,8)9)41-35(49)40-29(36(4,5)6)33(47)42-18-12-11-13-19-42/h1,22-27,29-30H,11-21H2,2-9H3,(H2,38,45)(H,39,46)(H2,40,41,49)/t24?,25-,26?,27+,29-,30-/m1/s1. The van der Waals surface area contributed by atoms with Gasteiger partial charge in [-0.3, -0.25) is 24.0 Å². The smallest absolute Gasteiger partial charge is 0.316 e. The van der Waals surface area contributed by atoms with E-state index in [1.165, 1.54) is 4.90 Å². The van der Waals surface area contributed by atoms with Gasteiger partial charge in [-0.1, -0.05) is 74.7 Å². The topological polar surface area (TPSA) is 171 Å². The Morgan fingerprint density at radius 3 is 1.80 bits per heavy atom. The highest BCUT2D eigenvalue weighted by atomic mass is 16.2. The fourth-order valence-corrected chi connectivity index (χ4v) is 7.37. The molecular formula is C37H60N6O6. The summed E-state index contributed by atoms with van der Waals surface area (Å²) in [5.41, 5.74) is 3.98. The second-order valence-corrected chi connectivity index (χ2v) is 16.8. The monoisotopic (exact) mass is 684 g/mol. The highest BCUT2D eigenvalue weighted by molar-refractivity contribution is 6.37. The first-order chi connectivity index (χ1) is 22.8. The van der Waals surface area contributed by atoms with Crippen molar-refractivity contribution in [1.82, 2.24) is 25.8 Å². The van der Waals surface area contributed by atoms with Gasteiger partial charge in [0.15, 0.2) is 0 Å². The molecule has 274 valence electrons. The van der Waals surface area contributed by atoms with Gasteiger partial charge >= 0.3 is 6.03 Å². The van der Waals surface area contributed by atoms with Gasteiger partial charge in [0.25, 0.3) is 5.91 Å². The van der Waals surface area contributed by atoms with Crippen molar-refractivity contribution < 1.29 is 28.8 Å². The van der Waals surface area contributed by atoms with Crippen LogP contribution in [-0.4, -0.2) is 89.0 Å². The van der Waals surface area contributed by atoms with Crippen LogP contribution in [0, 0.1) is 46.8 Å². The number of terminal acetylenes is 1. The molecule has 49 heavy (non-hydrogen) atoms. The number of amides is 6. The maximum atomic E-state index is 14.5. The molecule has 12 nitrogen and oxygen atoms in total. The average molecular weight is 685 g/mol. The predicted molar refractivity (Wildman–Crippen MR) is 187 cm³/mol. The van der Waals surface area contributed by atoms with E-state index in [4.69, 9.17) is 12.2 Å². The number of nitrogens with zero attached hydrogens (tertiary/aromatic N) is 2. The molecule has 3 fully saturated rings. The van der Waals surface area contributed by atoms with Crippen LogP contribution >= 0.6 is 0 Å². The van der Waals surface area contributed by atoms with Crippen LogP contribution in [0.2, 0.25) is 0 Å². The van der Waals surface area contributed by atoms with Crippen LogP contribution in [0.4, 0.5) is 4.79 Å². The summed E-state index contributed by atoms with van der Waals surface area (Å²) in [5.74, 6) is -0.988. The summed E-state index contributed by atoms with van der Waals surface area (Å²) in [6.07, 6.45) is 12.4. The molecule has 0 bridgehead atoms. The summed E-state index contributed by atoms with van der Waals surface area (Å²) < 4.78 is 0. The Hall–Kier alpha value is -3.62. The molecule has 3 rings (SSSR count). The molecule has 5 N–H and O–H groups in total. The Balaban J connectivity index is 1.91. The zero-order valence-electron chi connectivity index (χ0n) is 30.9. The third kappa shape index (κ3) is 9.98. The van der Waals surface area contributed by atoms with Gasteiger partial charge in [0.1, 0.15) is 18.1 Å². The lowest BCUT2D eigenvalue weighted by molar-refractivity contribution is -0.144. The zero-order valence-corrected chi connectivity index (χ0v) is 30.9. The number of carbonyl (C=O) groups is 6. The van der Waals surface area contributed by atoms with Crippen molar-refractivity contribution in [3.63, 3.8) is 0 Å². The number of ketones is 1. The van der Waals surface area contributed by atoms with Crippen molar-refractivity contribution >= 4 is 35.4 Å². The van der Waals surface area contributed by atoms with E-state index in [-0.39, 0.29) is 30.2 Å². The van der Waals surface area contributed by atoms with Crippen molar-refractivity contribution in [2.75, 3.05) is 19.6 Å². The van der Waals surface area contributed by atoms with Gasteiger partial charge in [0, 0.05) is 31.5 Å². The van der Waals surface area contributed by atoms with E-state index < -0.39 is 70.5 Å². The van der Waals surface area contributed by atoms with Crippen molar-refractivity contribution in [3.05, 3.63) is 0 Å². The quantitative estimate of drug-likeness (QED) is 0.182. The van der Waals surface area contributed by atoms with E-state index in [1.807, 2.05) is 55.4 Å². The van der Waals surface area contributed by atoms with Gasteiger partial charge in [-0.25, -0.2) is 4.79 Å². The van der Waals surface area contributed by atoms with Gasteiger partial charge in [-0.15, -0.1) is 12.3 Å². The van der Waals surface area contributed by atoms with Gasteiger partial charge in [-0.05, 0) is 54.8 Å². The first kappa shape index (κ1) is 39.8. The highest BCUT2D eigenvalue weighted by Gasteiger charge is 2.50. The molecule has 0 spiro atoms. The first-order valence-corrected chi connectivity index (χ1v) is 18.0. The molecule has 2 heterocycles. The SMILES string of the molecule is C#CC(C(C)C)[C@H]1CCN(C(=O)[C@@H](NC(=O)N[C@H](C(=O)N2CCCCC2)C(C)(C)C)C(C)(C)C)[C@@H]1C(=O)NC(CC1CCC1)C(=O)C(N)=O. The average Bonchev–Trinajstić information content (AvgIpc) is 3.43. The number of Topliss-reactive ketones (excluding diaryl/α,β-unsaturated/α-hetero) is 1. The largest absolute Gasteiger partial charge is 0.363 e. The molecule has 2 unspecified atom stereocenters. The Labute approximate surface area is 292 Å². The molecular weight excluding hydrogens is 624 g/mol. The molecule has 0 aromatic carbocycles. The minimum atomic E-state index is -1.13. The summed E-state index contributed by atoms with van der Waals surface area (Å²) in [7, 11) is 0. The Morgan fingerprint density at radius 1 is 0.796 bits per heavy atom. The highest BCUT2D eigenvalue weighted by Crippen LogP contribution is 2.37. The number of nitrogens with one attached hydrogen (secondary N) is 3. The van der Waals surface area contributed by atoms with E-state index in [9.17, 15) is 28.8 Å². The molecule has 6 atom stereocenters. The van der Waals surface area contributed by atoms with E-state index in [0.29, 0.717) is 25.9 Å². The molecule has 1 saturated carbocycles. The van der Waals surface area contributed by atoms with Crippen LogP contribution in [0.3, 0.4) is 0 Å². The fourth-order valence-electron chi connectivity index (χ4n) is 7.37. The van der Waals surface area contributed by atoms with Gasteiger partial charge < -0.3 is 31.5 Å². The number of hydrogen-bond donors (Lipinski definition) is 4. The van der Waals surface area contributed by atoms with E-state index in [0.717, 1.165) is 38.5 Å². The number of nitrogens with two attached hydrogens (primary N) is 1. The molecule has 3 aliphatic rings. The lowest BCUT2D eigenvalue weighted by Gasteiger charge is -2.39. The van der Waals surface area contributed by atoms with Crippen molar-refractivity contribution in [3.8, 4) is 12.3 Å². The molecule has 2 saturated heterocycles. The maximum Gasteiger partial charge on any atom is 0.316 e. The fraction of sp³-hybridized carbons (Fsp3) is 0.784. The molecule has 0 aromatic rings. The second kappa shape index (κ2) is 16.4. The van der Waals surface area contributed by atoms with Crippen LogP contribution in [0.25, 0.3) is 0 Å². The summed E-state index contributed by atoms with van der Waals surface area (Å²) in [6.45, 7) is 16.5. The third-order valence-corrected chi connectivity index (χ3v) is 10.5. The van der Waals surface area contributed by atoms with E-state index in [1.54, 1.807) is 4.90 Å². The number of likely N-dealkylation sites (tertiary alicyclic amines) is 2. The molecule has 0 aromatic heterocycles. The second-order valence-electron chi connectivity index (χ2n) is 16.8. The third-order valence-electron chi connectivity index (χ3n) is 10.5. The van der Waals surface area contributed by atoms with Crippen molar-refractivity contribution in [1.29, 1.82) is 0 Å².